The lowest BCUT2D eigenvalue weighted by molar-refractivity contribution is 0.0767. The Morgan fingerprint density at radius 3 is 2.45 bits per heavy atom. The second-order valence-electron chi connectivity index (χ2n) is 8.28. The van der Waals surface area contributed by atoms with E-state index in [4.69, 9.17) is 0 Å². The molecular weight excluding hydrogens is 432 g/mol. The number of amides is 1. The highest BCUT2D eigenvalue weighted by Gasteiger charge is 2.29. The first-order valence-electron chi connectivity index (χ1n) is 11.0. The lowest BCUT2D eigenvalue weighted by Crippen LogP contribution is -2.38. The zero-order chi connectivity index (χ0) is 21.8. The van der Waals surface area contributed by atoms with E-state index in [-0.39, 0.29) is 16.8 Å². The fraction of sp³-hybridized carbons (Fsp3) is 0.545. The minimum Gasteiger partial charge on any atom is -0.346 e. The van der Waals surface area contributed by atoms with Crippen LogP contribution in [0.15, 0.2) is 40.7 Å². The van der Waals surface area contributed by atoms with Crippen LogP contribution in [0.5, 0.6) is 0 Å². The van der Waals surface area contributed by atoms with Crippen LogP contribution in [0.1, 0.15) is 48.9 Å². The molecule has 2 aromatic rings. The molecule has 1 aliphatic carbocycles. The number of thiazole rings is 1. The van der Waals surface area contributed by atoms with Gasteiger partial charge in [-0.25, -0.2) is 13.4 Å². The summed E-state index contributed by atoms with van der Waals surface area (Å²) < 4.78 is 27.6. The third kappa shape index (κ3) is 4.94. The van der Waals surface area contributed by atoms with Crippen LogP contribution in [-0.2, 0) is 10.0 Å². The molecule has 1 saturated carbocycles. The normalized spacial score (nSPS) is 18.9. The number of sulfonamides is 1. The Kier molecular flexibility index (Phi) is 6.93. The summed E-state index contributed by atoms with van der Waals surface area (Å²) in [5, 5.41) is 2.95. The van der Waals surface area contributed by atoms with E-state index in [1.165, 1.54) is 10.7 Å². The van der Waals surface area contributed by atoms with Gasteiger partial charge in [-0.3, -0.25) is 4.79 Å². The summed E-state index contributed by atoms with van der Waals surface area (Å²) in [7, 11) is -1.87. The zero-order valence-corrected chi connectivity index (χ0v) is 19.6. The van der Waals surface area contributed by atoms with Gasteiger partial charge < -0.3 is 9.80 Å². The smallest absolute Gasteiger partial charge is 0.253 e. The van der Waals surface area contributed by atoms with Crippen molar-refractivity contribution in [3.05, 3.63) is 41.4 Å². The monoisotopic (exact) mass is 462 g/mol. The number of aromatic nitrogens is 1. The van der Waals surface area contributed by atoms with Gasteiger partial charge in [0.25, 0.3) is 5.91 Å². The van der Waals surface area contributed by atoms with E-state index < -0.39 is 10.0 Å². The average molecular weight is 463 g/mol. The molecule has 1 aliphatic heterocycles. The van der Waals surface area contributed by atoms with Gasteiger partial charge in [0.2, 0.25) is 10.0 Å². The van der Waals surface area contributed by atoms with Crippen LogP contribution >= 0.6 is 11.3 Å². The van der Waals surface area contributed by atoms with Crippen LogP contribution in [0.3, 0.4) is 0 Å². The highest BCUT2D eigenvalue weighted by molar-refractivity contribution is 7.89. The van der Waals surface area contributed by atoms with Crippen LogP contribution < -0.4 is 4.90 Å². The maximum absolute atomic E-state index is 13.0. The highest BCUT2D eigenvalue weighted by Crippen LogP contribution is 2.27. The van der Waals surface area contributed by atoms with Crippen LogP contribution in [0.25, 0.3) is 0 Å². The van der Waals surface area contributed by atoms with Gasteiger partial charge in [-0.1, -0.05) is 19.3 Å². The van der Waals surface area contributed by atoms with Crippen molar-refractivity contribution in [1.82, 2.24) is 14.2 Å². The lowest BCUT2D eigenvalue weighted by Gasteiger charge is -2.30. The molecular formula is C22H30N4O3S2. The number of anilines is 1. The van der Waals surface area contributed by atoms with E-state index in [2.05, 4.69) is 9.88 Å². The standard InChI is InChI=1S/C22H30N4O3S2/c1-24(19-6-3-2-4-7-19)31(28,29)20-10-8-18(9-11-20)21(27)25-13-5-14-26(16-15-25)22-23-12-17-30-22/h8-12,17,19H,2-7,13-16H2,1H3. The maximum Gasteiger partial charge on any atom is 0.253 e. The Morgan fingerprint density at radius 1 is 1.03 bits per heavy atom. The molecule has 2 fully saturated rings. The molecule has 1 amide bonds. The van der Waals surface area contributed by atoms with Gasteiger partial charge >= 0.3 is 0 Å². The summed E-state index contributed by atoms with van der Waals surface area (Å²) in [6, 6.07) is 6.50. The van der Waals surface area contributed by atoms with Crippen LogP contribution in [-0.4, -0.2) is 67.8 Å². The third-order valence-electron chi connectivity index (χ3n) is 6.34. The van der Waals surface area contributed by atoms with Gasteiger partial charge in [-0.2, -0.15) is 4.31 Å². The van der Waals surface area contributed by atoms with E-state index in [1.54, 1.807) is 48.8 Å². The second-order valence-corrected chi connectivity index (χ2v) is 11.2. The molecule has 0 bridgehead atoms. The highest BCUT2D eigenvalue weighted by atomic mass is 32.2. The molecule has 2 aliphatic rings. The SMILES string of the molecule is CN(C1CCCCC1)S(=O)(=O)c1ccc(C(=O)N2CCCN(c3nccs3)CC2)cc1. The van der Waals surface area contributed by atoms with Gasteiger partial charge in [0.1, 0.15) is 0 Å². The topological polar surface area (TPSA) is 73.8 Å². The molecule has 0 N–H and O–H groups in total. The first-order chi connectivity index (χ1) is 15.0. The number of nitrogens with zero attached hydrogens (tertiary/aromatic N) is 4. The van der Waals surface area contributed by atoms with Crippen molar-refractivity contribution in [2.24, 2.45) is 0 Å². The lowest BCUT2D eigenvalue weighted by atomic mass is 9.96. The van der Waals surface area contributed by atoms with Crippen LogP contribution in [0.2, 0.25) is 0 Å². The number of carbonyl (C=O) groups is 1. The van der Waals surface area contributed by atoms with Gasteiger partial charge in [-0.15, -0.1) is 11.3 Å². The molecule has 0 atom stereocenters. The molecule has 0 unspecified atom stereocenters. The van der Waals surface area contributed by atoms with Crippen LogP contribution in [0.4, 0.5) is 5.13 Å². The molecule has 0 radical (unpaired) electrons. The molecule has 168 valence electrons. The minimum atomic E-state index is -3.55. The maximum atomic E-state index is 13.0. The van der Waals surface area contributed by atoms with Gasteiger partial charge in [0.15, 0.2) is 5.13 Å². The molecule has 9 heteroatoms. The summed E-state index contributed by atoms with van der Waals surface area (Å²) >= 11 is 1.61. The fourth-order valence-corrected chi connectivity index (χ4v) is 6.56. The Morgan fingerprint density at radius 2 is 1.77 bits per heavy atom. The Bertz CT molecular complexity index is 971. The van der Waals surface area contributed by atoms with Crippen molar-refractivity contribution in [3.63, 3.8) is 0 Å². The van der Waals surface area contributed by atoms with Gasteiger partial charge in [0, 0.05) is 56.4 Å². The molecule has 4 rings (SSSR count). The predicted molar refractivity (Wildman–Crippen MR) is 123 cm³/mol. The van der Waals surface area contributed by atoms with Crippen molar-refractivity contribution in [3.8, 4) is 0 Å². The summed E-state index contributed by atoms with van der Waals surface area (Å²) in [6.07, 6.45) is 7.85. The van der Waals surface area contributed by atoms with E-state index in [9.17, 15) is 13.2 Å². The first-order valence-corrected chi connectivity index (χ1v) is 13.3. The fourth-order valence-electron chi connectivity index (χ4n) is 4.44. The van der Waals surface area contributed by atoms with Crippen molar-refractivity contribution in [2.75, 3.05) is 38.1 Å². The van der Waals surface area contributed by atoms with Crippen LogP contribution in [0, 0.1) is 0 Å². The minimum absolute atomic E-state index is 0.0504. The third-order valence-corrected chi connectivity index (χ3v) is 9.10. The number of hydrogen-bond donors (Lipinski definition) is 0. The summed E-state index contributed by atoms with van der Waals surface area (Å²) in [5.41, 5.74) is 0.530. The summed E-state index contributed by atoms with van der Waals surface area (Å²) in [5.74, 6) is -0.0504. The Labute approximate surface area is 188 Å². The van der Waals surface area contributed by atoms with Crippen molar-refractivity contribution >= 4 is 32.4 Å². The number of benzene rings is 1. The molecule has 0 spiro atoms. The van der Waals surface area contributed by atoms with E-state index in [1.807, 2.05) is 10.3 Å². The van der Waals surface area contributed by atoms with Gasteiger partial charge in [-0.05, 0) is 43.5 Å². The van der Waals surface area contributed by atoms with E-state index in [0.29, 0.717) is 18.7 Å². The quantitative estimate of drug-likeness (QED) is 0.680. The van der Waals surface area contributed by atoms with Crippen molar-refractivity contribution in [1.29, 1.82) is 0 Å². The summed E-state index contributed by atoms with van der Waals surface area (Å²) in [4.78, 5) is 21.7. The predicted octanol–water partition coefficient (Wildman–Crippen LogP) is 3.45. The molecule has 7 nitrogen and oxygen atoms in total. The first kappa shape index (κ1) is 22.2. The molecule has 31 heavy (non-hydrogen) atoms. The number of rotatable bonds is 5. The Hall–Kier alpha value is -1.97. The van der Waals surface area contributed by atoms with E-state index in [0.717, 1.165) is 50.3 Å². The zero-order valence-electron chi connectivity index (χ0n) is 17.9. The Balaban J connectivity index is 1.42. The van der Waals surface area contributed by atoms with Crippen molar-refractivity contribution < 1.29 is 13.2 Å². The second kappa shape index (κ2) is 9.67. The summed E-state index contributed by atoms with van der Waals surface area (Å²) in [6.45, 7) is 2.94. The number of hydrogen-bond acceptors (Lipinski definition) is 6. The molecule has 1 aromatic heterocycles. The largest absolute Gasteiger partial charge is 0.346 e. The molecule has 1 saturated heterocycles. The van der Waals surface area contributed by atoms with Gasteiger partial charge in [0.05, 0.1) is 4.90 Å². The van der Waals surface area contributed by atoms with E-state index >= 15 is 0 Å². The molecule has 1 aromatic carbocycles. The number of carbonyl (C=O) groups excluding carboxylic acids is 1. The van der Waals surface area contributed by atoms with Crippen molar-refractivity contribution in [2.45, 2.75) is 49.5 Å². The molecule has 2 heterocycles. The average Bonchev–Trinajstić information content (AvgIpc) is 3.23.